The van der Waals surface area contributed by atoms with Gasteiger partial charge in [0.25, 0.3) is 11.8 Å². The van der Waals surface area contributed by atoms with Crippen LogP contribution in [-0.2, 0) is 19.5 Å². The van der Waals surface area contributed by atoms with Gasteiger partial charge in [-0.15, -0.1) is 0 Å². The third-order valence-electron chi connectivity index (χ3n) is 6.24. The molecule has 5 rings (SSSR count). The van der Waals surface area contributed by atoms with Crippen molar-refractivity contribution in [3.8, 4) is 0 Å². The van der Waals surface area contributed by atoms with Crippen molar-refractivity contribution in [2.75, 3.05) is 18.9 Å². The first-order valence-electron chi connectivity index (χ1n) is 11.4. The number of benzene rings is 2. The third-order valence-corrected chi connectivity index (χ3v) is 6.24. The standard InChI is InChI=1S/C27H27N5O2/c1-18-5-3-8-25-30-24(17-32(18)25)27(34)28-15-19-6-4-7-21(13-19)26(33)29-23-10-9-20-11-12-31(2)16-22(20)14-23/h3-10,13-14,17H,11-12,15-16H2,1-2H3,(H,28,34)(H,29,33). The Kier molecular flexibility index (Phi) is 5.86. The molecule has 2 N–H and O–H groups in total. The second-order valence-corrected chi connectivity index (χ2v) is 8.83. The minimum absolute atomic E-state index is 0.173. The quantitative estimate of drug-likeness (QED) is 0.482. The summed E-state index contributed by atoms with van der Waals surface area (Å²) in [6.45, 7) is 4.21. The van der Waals surface area contributed by atoms with Gasteiger partial charge in [-0.25, -0.2) is 4.98 Å². The zero-order valence-electron chi connectivity index (χ0n) is 19.3. The maximum absolute atomic E-state index is 12.9. The van der Waals surface area contributed by atoms with E-state index in [1.165, 1.54) is 11.1 Å². The predicted molar refractivity (Wildman–Crippen MR) is 132 cm³/mol. The minimum atomic E-state index is -0.253. The first kappa shape index (κ1) is 21.9. The molecule has 0 spiro atoms. The maximum atomic E-state index is 12.9. The van der Waals surface area contributed by atoms with Gasteiger partial charge in [-0.1, -0.05) is 24.3 Å². The molecule has 0 saturated carbocycles. The van der Waals surface area contributed by atoms with Crippen molar-refractivity contribution in [2.24, 2.45) is 0 Å². The molecule has 2 aromatic carbocycles. The Balaban J connectivity index is 1.24. The van der Waals surface area contributed by atoms with Crippen molar-refractivity contribution >= 4 is 23.1 Å². The number of likely N-dealkylation sites (N-methyl/N-ethyl adjacent to an activating group) is 1. The number of anilines is 1. The Morgan fingerprint density at radius 2 is 1.85 bits per heavy atom. The van der Waals surface area contributed by atoms with E-state index in [1.807, 2.05) is 47.7 Å². The molecule has 1 aliphatic rings. The Morgan fingerprint density at radius 1 is 1.00 bits per heavy atom. The lowest BCUT2D eigenvalue weighted by atomic mass is 9.99. The van der Waals surface area contributed by atoms with E-state index in [9.17, 15) is 9.59 Å². The molecule has 0 aliphatic carbocycles. The molecule has 0 atom stereocenters. The van der Waals surface area contributed by atoms with Crippen LogP contribution >= 0.6 is 0 Å². The van der Waals surface area contributed by atoms with E-state index in [2.05, 4.69) is 39.7 Å². The molecule has 4 aromatic rings. The summed E-state index contributed by atoms with van der Waals surface area (Å²) in [7, 11) is 2.11. The highest BCUT2D eigenvalue weighted by molar-refractivity contribution is 6.04. The van der Waals surface area contributed by atoms with Gasteiger partial charge in [-0.05, 0) is 73.5 Å². The van der Waals surface area contributed by atoms with Crippen molar-refractivity contribution in [3.63, 3.8) is 0 Å². The van der Waals surface area contributed by atoms with Gasteiger partial charge in [-0.3, -0.25) is 9.59 Å². The molecule has 2 aromatic heterocycles. The zero-order valence-corrected chi connectivity index (χ0v) is 19.3. The van der Waals surface area contributed by atoms with E-state index in [1.54, 1.807) is 18.3 Å². The van der Waals surface area contributed by atoms with Crippen molar-refractivity contribution < 1.29 is 9.59 Å². The molecule has 1 aliphatic heterocycles. The number of aromatic nitrogens is 2. The topological polar surface area (TPSA) is 78.7 Å². The Hall–Kier alpha value is -3.97. The highest BCUT2D eigenvalue weighted by Crippen LogP contribution is 2.22. The van der Waals surface area contributed by atoms with Crippen molar-refractivity contribution in [3.05, 3.63) is 101 Å². The molecule has 172 valence electrons. The monoisotopic (exact) mass is 453 g/mol. The van der Waals surface area contributed by atoms with E-state index in [-0.39, 0.29) is 11.8 Å². The second-order valence-electron chi connectivity index (χ2n) is 8.83. The Bertz CT molecular complexity index is 1390. The van der Waals surface area contributed by atoms with Crippen LogP contribution in [0.15, 0.2) is 66.9 Å². The van der Waals surface area contributed by atoms with Crippen LogP contribution in [0.1, 0.15) is 43.2 Å². The molecular formula is C27H27N5O2. The molecule has 0 fully saturated rings. The fraction of sp³-hybridized carbons (Fsp3) is 0.222. The summed E-state index contributed by atoms with van der Waals surface area (Å²) < 4.78 is 1.89. The van der Waals surface area contributed by atoms with Gasteiger partial charge >= 0.3 is 0 Å². The van der Waals surface area contributed by atoms with E-state index in [4.69, 9.17) is 0 Å². The minimum Gasteiger partial charge on any atom is -0.347 e. The molecule has 0 unspecified atom stereocenters. The van der Waals surface area contributed by atoms with Crippen molar-refractivity contribution in [1.82, 2.24) is 19.6 Å². The van der Waals surface area contributed by atoms with Crippen LogP contribution in [0.25, 0.3) is 5.65 Å². The fourth-order valence-corrected chi connectivity index (χ4v) is 4.33. The summed E-state index contributed by atoms with van der Waals surface area (Å²) in [5.41, 5.74) is 6.88. The number of amides is 2. The summed E-state index contributed by atoms with van der Waals surface area (Å²) >= 11 is 0. The molecule has 0 bridgehead atoms. The average Bonchev–Trinajstić information content (AvgIpc) is 3.28. The first-order chi connectivity index (χ1) is 16.5. The molecule has 0 saturated heterocycles. The highest BCUT2D eigenvalue weighted by atomic mass is 16.2. The van der Waals surface area contributed by atoms with Gasteiger partial charge in [0, 0.05) is 42.8 Å². The average molecular weight is 454 g/mol. The van der Waals surface area contributed by atoms with Crippen LogP contribution in [0.2, 0.25) is 0 Å². The van der Waals surface area contributed by atoms with Gasteiger partial charge in [0.1, 0.15) is 11.3 Å². The number of nitrogens with one attached hydrogen (secondary N) is 2. The summed E-state index contributed by atoms with van der Waals surface area (Å²) in [5, 5.41) is 5.90. The number of hydrogen-bond donors (Lipinski definition) is 2. The number of aryl methyl sites for hydroxylation is 1. The Labute approximate surface area is 198 Å². The number of carbonyl (C=O) groups is 2. The normalized spacial score (nSPS) is 13.5. The lowest BCUT2D eigenvalue weighted by Gasteiger charge is -2.25. The maximum Gasteiger partial charge on any atom is 0.271 e. The third kappa shape index (κ3) is 4.56. The Morgan fingerprint density at radius 3 is 2.71 bits per heavy atom. The SMILES string of the molecule is Cc1cccc2nc(C(=O)NCc3cccc(C(=O)Nc4ccc5c(c4)CN(C)CC5)c3)cn12. The molecule has 2 amide bonds. The largest absolute Gasteiger partial charge is 0.347 e. The second kappa shape index (κ2) is 9.11. The van der Waals surface area contributed by atoms with Gasteiger partial charge in [-0.2, -0.15) is 0 Å². The molecule has 34 heavy (non-hydrogen) atoms. The van der Waals surface area contributed by atoms with Gasteiger partial charge in [0.15, 0.2) is 0 Å². The lowest BCUT2D eigenvalue weighted by molar-refractivity contribution is 0.0946. The number of nitrogens with zero attached hydrogens (tertiary/aromatic N) is 3. The molecular weight excluding hydrogens is 426 g/mol. The summed E-state index contributed by atoms with van der Waals surface area (Å²) in [5.74, 6) is -0.426. The smallest absolute Gasteiger partial charge is 0.271 e. The number of hydrogen-bond acceptors (Lipinski definition) is 4. The number of imidazole rings is 1. The fourth-order valence-electron chi connectivity index (χ4n) is 4.33. The van der Waals surface area contributed by atoms with Crippen LogP contribution in [0.4, 0.5) is 5.69 Å². The van der Waals surface area contributed by atoms with Gasteiger partial charge in [0.2, 0.25) is 0 Å². The number of pyridine rings is 1. The number of rotatable bonds is 5. The predicted octanol–water partition coefficient (Wildman–Crippen LogP) is 3.81. The van der Waals surface area contributed by atoms with E-state index >= 15 is 0 Å². The lowest BCUT2D eigenvalue weighted by Crippen LogP contribution is -2.26. The van der Waals surface area contributed by atoms with E-state index < -0.39 is 0 Å². The molecule has 0 radical (unpaired) electrons. The van der Waals surface area contributed by atoms with E-state index in [0.29, 0.717) is 17.8 Å². The van der Waals surface area contributed by atoms with Gasteiger partial charge in [0.05, 0.1) is 0 Å². The molecule has 3 heterocycles. The van der Waals surface area contributed by atoms with Crippen molar-refractivity contribution in [1.29, 1.82) is 0 Å². The van der Waals surface area contributed by atoms with Crippen LogP contribution in [0, 0.1) is 6.92 Å². The van der Waals surface area contributed by atoms with Crippen LogP contribution in [0.3, 0.4) is 0 Å². The number of fused-ring (bicyclic) bond motifs is 2. The molecule has 7 heteroatoms. The first-order valence-corrected chi connectivity index (χ1v) is 11.4. The van der Waals surface area contributed by atoms with Crippen molar-refractivity contribution in [2.45, 2.75) is 26.4 Å². The highest BCUT2D eigenvalue weighted by Gasteiger charge is 2.15. The summed E-state index contributed by atoms with van der Waals surface area (Å²) in [6, 6.07) is 19.2. The summed E-state index contributed by atoms with van der Waals surface area (Å²) in [4.78, 5) is 32.2. The van der Waals surface area contributed by atoms with Crippen LogP contribution < -0.4 is 10.6 Å². The molecule has 7 nitrogen and oxygen atoms in total. The van der Waals surface area contributed by atoms with Crippen LogP contribution in [-0.4, -0.2) is 39.7 Å². The number of carbonyl (C=O) groups excluding carboxylic acids is 2. The summed E-state index contributed by atoms with van der Waals surface area (Å²) in [6.07, 6.45) is 2.77. The van der Waals surface area contributed by atoms with Gasteiger partial charge < -0.3 is 19.9 Å². The zero-order chi connectivity index (χ0) is 23.7. The van der Waals surface area contributed by atoms with Crippen LogP contribution in [0.5, 0.6) is 0 Å². The van der Waals surface area contributed by atoms with E-state index in [0.717, 1.165) is 42.1 Å².